The van der Waals surface area contributed by atoms with Crippen LogP contribution in [0.3, 0.4) is 0 Å². The maximum absolute atomic E-state index is 12.8. The summed E-state index contributed by atoms with van der Waals surface area (Å²) in [4.78, 5) is 14.6. The molecular weight excluding hydrogens is 284 g/mol. The first kappa shape index (κ1) is 17.1. The summed E-state index contributed by atoms with van der Waals surface area (Å²) in [5, 5.41) is 2.98. The Balaban J connectivity index is 2.29. The third kappa shape index (κ3) is 4.85. The molecule has 0 bridgehead atoms. The molecule has 0 unspecified atom stereocenters. The minimum absolute atomic E-state index is 0.00676. The fourth-order valence-corrected chi connectivity index (χ4v) is 2.36. The van der Waals surface area contributed by atoms with E-state index in [4.69, 9.17) is 0 Å². The van der Waals surface area contributed by atoms with Gasteiger partial charge in [0.05, 0.1) is 0 Å². The predicted octanol–water partition coefficient (Wildman–Crippen LogP) is 5.39. The van der Waals surface area contributed by atoms with Crippen LogP contribution < -0.4 is 10.2 Å². The summed E-state index contributed by atoms with van der Waals surface area (Å²) in [6.45, 7) is 11.2. The topological polar surface area (TPSA) is 32.3 Å². The summed E-state index contributed by atoms with van der Waals surface area (Å²) in [5.41, 5.74) is 4.16. The molecule has 0 spiro atoms. The van der Waals surface area contributed by atoms with Gasteiger partial charge in [-0.05, 0) is 54.7 Å². The van der Waals surface area contributed by atoms with Crippen molar-refractivity contribution in [1.29, 1.82) is 0 Å². The average molecular weight is 310 g/mol. The van der Waals surface area contributed by atoms with Crippen LogP contribution in [0.5, 0.6) is 0 Å². The number of nitrogens with one attached hydrogen (secondary N) is 1. The Morgan fingerprint density at radius 2 is 1.65 bits per heavy atom. The third-order valence-corrected chi connectivity index (χ3v) is 3.70. The van der Waals surface area contributed by atoms with Gasteiger partial charge in [-0.25, -0.2) is 4.79 Å². The van der Waals surface area contributed by atoms with E-state index in [1.54, 1.807) is 0 Å². The lowest BCUT2D eigenvalue weighted by molar-refractivity contribution is 0.253. The zero-order valence-corrected chi connectivity index (χ0v) is 14.7. The Labute approximate surface area is 139 Å². The molecule has 0 aliphatic carbocycles. The number of benzene rings is 2. The van der Waals surface area contributed by atoms with Gasteiger partial charge in [-0.1, -0.05) is 45.0 Å². The van der Waals surface area contributed by atoms with E-state index in [1.807, 2.05) is 41.3 Å². The summed E-state index contributed by atoms with van der Waals surface area (Å²) in [6.07, 6.45) is 0. The number of nitrogens with zero attached hydrogens (tertiary/aromatic N) is 1. The molecule has 2 amide bonds. The number of carbonyl (C=O) groups excluding carboxylic acids is 1. The first-order valence-corrected chi connectivity index (χ1v) is 7.97. The maximum atomic E-state index is 12.8. The molecule has 0 aliphatic heterocycles. The van der Waals surface area contributed by atoms with Gasteiger partial charge in [-0.3, -0.25) is 4.90 Å². The molecule has 122 valence electrons. The molecule has 0 aliphatic rings. The van der Waals surface area contributed by atoms with Gasteiger partial charge >= 0.3 is 6.03 Å². The van der Waals surface area contributed by atoms with Gasteiger partial charge < -0.3 is 5.32 Å². The molecule has 2 aromatic rings. The number of amides is 2. The maximum Gasteiger partial charge on any atom is 0.326 e. The van der Waals surface area contributed by atoms with Gasteiger partial charge in [0.2, 0.25) is 0 Å². The van der Waals surface area contributed by atoms with Crippen molar-refractivity contribution in [2.75, 3.05) is 16.8 Å². The van der Waals surface area contributed by atoms with E-state index < -0.39 is 0 Å². The van der Waals surface area contributed by atoms with E-state index in [-0.39, 0.29) is 11.4 Å². The third-order valence-electron chi connectivity index (χ3n) is 3.70. The van der Waals surface area contributed by atoms with Crippen LogP contribution in [-0.2, 0) is 0 Å². The van der Waals surface area contributed by atoms with Crippen LogP contribution in [-0.4, -0.2) is 12.6 Å². The van der Waals surface area contributed by atoms with Crippen LogP contribution in [0.1, 0.15) is 31.9 Å². The van der Waals surface area contributed by atoms with Gasteiger partial charge in [-0.2, -0.15) is 0 Å². The van der Waals surface area contributed by atoms with E-state index in [9.17, 15) is 4.79 Å². The molecule has 3 heteroatoms. The quantitative estimate of drug-likeness (QED) is 0.810. The molecular formula is C20H26N2O. The molecule has 0 aromatic heterocycles. The van der Waals surface area contributed by atoms with Crippen molar-refractivity contribution in [2.24, 2.45) is 5.41 Å². The second kappa shape index (κ2) is 6.86. The number of rotatable bonds is 3. The second-order valence-electron chi connectivity index (χ2n) is 7.21. The number of hydrogen-bond donors (Lipinski definition) is 1. The number of carbonyl (C=O) groups is 1. The van der Waals surface area contributed by atoms with E-state index in [0.717, 1.165) is 11.4 Å². The Morgan fingerprint density at radius 1 is 1.00 bits per heavy atom. The highest BCUT2D eigenvalue weighted by atomic mass is 16.2. The molecule has 23 heavy (non-hydrogen) atoms. The first-order valence-electron chi connectivity index (χ1n) is 7.97. The van der Waals surface area contributed by atoms with Crippen LogP contribution in [0.2, 0.25) is 0 Å². The zero-order chi connectivity index (χ0) is 17.0. The van der Waals surface area contributed by atoms with Crippen molar-refractivity contribution in [3.05, 3.63) is 59.7 Å². The second-order valence-corrected chi connectivity index (χ2v) is 7.21. The molecule has 0 saturated heterocycles. The van der Waals surface area contributed by atoms with Crippen molar-refractivity contribution in [1.82, 2.24) is 0 Å². The van der Waals surface area contributed by atoms with Crippen molar-refractivity contribution < 1.29 is 4.79 Å². The summed E-state index contributed by atoms with van der Waals surface area (Å²) >= 11 is 0. The van der Waals surface area contributed by atoms with E-state index >= 15 is 0 Å². The SMILES string of the molecule is Cc1ccc(N(CC(C)(C)C)C(=O)Nc2ccccc2)cc1C. The van der Waals surface area contributed by atoms with Crippen LogP contribution in [0, 0.1) is 19.3 Å². The summed E-state index contributed by atoms with van der Waals surface area (Å²) in [6, 6.07) is 15.6. The lowest BCUT2D eigenvalue weighted by Crippen LogP contribution is -2.40. The normalized spacial score (nSPS) is 11.2. The van der Waals surface area contributed by atoms with Gasteiger partial charge in [0.15, 0.2) is 0 Å². The Bertz CT molecular complexity index is 672. The van der Waals surface area contributed by atoms with Crippen LogP contribution >= 0.6 is 0 Å². The lowest BCUT2D eigenvalue weighted by Gasteiger charge is -2.30. The van der Waals surface area contributed by atoms with Crippen LogP contribution in [0.25, 0.3) is 0 Å². The minimum Gasteiger partial charge on any atom is -0.308 e. The molecule has 0 radical (unpaired) electrons. The van der Waals surface area contributed by atoms with Gasteiger partial charge in [0.1, 0.15) is 0 Å². The molecule has 3 nitrogen and oxygen atoms in total. The largest absolute Gasteiger partial charge is 0.326 e. The van der Waals surface area contributed by atoms with Crippen molar-refractivity contribution in [3.63, 3.8) is 0 Å². The summed E-state index contributed by atoms with van der Waals surface area (Å²) < 4.78 is 0. The van der Waals surface area contributed by atoms with Crippen LogP contribution in [0.15, 0.2) is 48.5 Å². The van der Waals surface area contributed by atoms with Crippen LogP contribution in [0.4, 0.5) is 16.2 Å². The summed E-state index contributed by atoms with van der Waals surface area (Å²) in [7, 11) is 0. The minimum atomic E-state index is -0.102. The summed E-state index contributed by atoms with van der Waals surface area (Å²) in [5.74, 6) is 0. The van der Waals surface area contributed by atoms with E-state index in [0.29, 0.717) is 6.54 Å². The monoisotopic (exact) mass is 310 g/mol. The Morgan fingerprint density at radius 3 is 2.22 bits per heavy atom. The number of anilines is 2. The predicted molar refractivity (Wildman–Crippen MR) is 98.2 cm³/mol. The average Bonchev–Trinajstić information content (AvgIpc) is 2.48. The standard InChI is InChI=1S/C20H26N2O/c1-15-11-12-18(13-16(15)2)22(14-20(3,4)5)19(23)21-17-9-7-6-8-10-17/h6-13H,14H2,1-5H3,(H,21,23). The number of urea groups is 1. The molecule has 0 atom stereocenters. The highest BCUT2D eigenvalue weighted by molar-refractivity contribution is 6.01. The van der Waals surface area contributed by atoms with E-state index in [2.05, 4.69) is 52.1 Å². The fourth-order valence-electron chi connectivity index (χ4n) is 2.36. The Hall–Kier alpha value is -2.29. The fraction of sp³-hybridized carbons (Fsp3) is 0.350. The smallest absolute Gasteiger partial charge is 0.308 e. The number of aryl methyl sites for hydroxylation is 2. The highest BCUT2D eigenvalue weighted by Crippen LogP contribution is 2.25. The number of hydrogen-bond acceptors (Lipinski definition) is 1. The molecule has 0 saturated carbocycles. The number of para-hydroxylation sites is 1. The first-order chi connectivity index (χ1) is 10.8. The lowest BCUT2D eigenvalue weighted by atomic mass is 9.95. The van der Waals surface area contributed by atoms with Gasteiger partial charge in [0, 0.05) is 17.9 Å². The van der Waals surface area contributed by atoms with Crippen molar-refractivity contribution in [2.45, 2.75) is 34.6 Å². The molecule has 2 rings (SSSR count). The highest BCUT2D eigenvalue weighted by Gasteiger charge is 2.23. The van der Waals surface area contributed by atoms with E-state index in [1.165, 1.54) is 11.1 Å². The Kier molecular flexibility index (Phi) is 5.09. The molecule has 2 aromatic carbocycles. The molecule has 0 fully saturated rings. The molecule has 1 N–H and O–H groups in total. The zero-order valence-electron chi connectivity index (χ0n) is 14.7. The molecule has 0 heterocycles. The van der Waals surface area contributed by atoms with Gasteiger partial charge in [0.25, 0.3) is 0 Å². The van der Waals surface area contributed by atoms with Crippen molar-refractivity contribution >= 4 is 17.4 Å². The van der Waals surface area contributed by atoms with Crippen molar-refractivity contribution in [3.8, 4) is 0 Å². The van der Waals surface area contributed by atoms with Gasteiger partial charge in [-0.15, -0.1) is 0 Å².